The first-order valence-electron chi connectivity index (χ1n) is 4.81. The summed E-state index contributed by atoms with van der Waals surface area (Å²) in [6.45, 7) is 0. The largest absolute Gasteiger partial charge is 0.481 e. The normalized spacial score (nSPS) is 39.7. The number of carbonyl (C=O) groups excluding carboxylic acids is 1. The Morgan fingerprint density at radius 3 is 1.93 bits per heavy atom. The third kappa shape index (κ3) is 1.22. The number of carbonyl (C=O) groups is 2. The molecule has 3 rings (SSSR count). The van der Waals surface area contributed by atoms with Crippen LogP contribution in [0.5, 0.6) is 0 Å². The molecule has 0 saturated heterocycles. The van der Waals surface area contributed by atoms with Gasteiger partial charge >= 0.3 is 5.97 Å². The molecule has 1 saturated carbocycles. The maximum Gasteiger partial charge on any atom is 0.307 e. The number of nitrogens with two attached hydrogens (primary N) is 1. The van der Waals surface area contributed by atoms with Crippen molar-refractivity contribution in [2.75, 3.05) is 0 Å². The number of aliphatic carboxylic acids is 1. The summed E-state index contributed by atoms with van der Waals surface area (Å²) in [5.41, 5.74) is 5.25. The van der Waals surface area contributed by atoms with Gasteiger partial charge in [-0.25, -0.2) is 0 Å². The number of carboxylic acid groups (broad SMARTS) is 1. The molecule has 0 heterocycles. The van der Waals surface area contributed by atoms with Crippen LogP contribution in [0.1, 0.15) is 12.8 Å². The van der Waals surface area contributed by atoms with Crippen molar-refractivity contribution >= 4 is 11.9 Å². The molecule has 3 N–H and O–H groups in total. The first kappa shape index (κ1) is 9.24. The Labute approximate surface area is 81.8 Å². The molecule has 76 valence electrons. The predicted molar refractivity (Wildman–Crippen MR) is 49.2 cm³/mol. The van der Waals surface area contributed by atoms with E-state index in [4.69, 9.17) is 10.8 Å². The quantitative estimate of drug-likeness (QED) is 0.625. The van der Waals surface area contributed by atoms with Gasteiger partial charge in [0.15, 0.2) is 0 Å². The van der Waals surface area contributed by atoms with E-state index < -0.39 is 23.7 Å². The van der Waals surface area contributed by atoms with Crippen LogP contribution in [-0.2, 0) is 9.59 Å². The van der Waals surface area contributed by atoms with Crippen molar-refractivity contribution in [2.45, 2.75) is 12.8 Å². The number of carboxylic acids is 1. The van der Waals surface area contributed by atoms with Gasteiger partial charge in [0.05, 0.1) is 11.8 Å². The Kier molecular flexibility index (Phi) is 2.06. The van der Waals surface area contributed by atoms with Crippen molar-refractivity contribution < 1.29 is 14.7 Å². The number of hydrogen-bond donors (Lipinski definition) is 2. The van der Waals surface area contributed by atoms with Crippen LogP contribution in [0, 0.1) is 23.7 Å². The molecule has 0 radical (unpaired) electrons. The summed E-state index contributed by atoms with van der Waals surface area (Å²) in [6, 6.07) is 0. The monoisotopic (exact) mass is 195 g/mol. The van der Waals surface area contributed by atoms with Crippen LogP contribution >= 0.6 is 0 Å². The topological polar surface area (TPSA) is 80.4 Å². The second kappa shape index (κ2) is 3.12. The smallest absolute Gasteiger partial charge is 0.307 e. The zero-order valence-electron chi connectivity index (χ0n) is 7.72. The third-order valence-electron chi connectivity index (χ3n) is 3.36. The molecule has 3 aliphatic rings. The first-order valence-corrected chi connectivity index (χ1v) is 4.81. The van der Waals surface area contributed by atoms with Gasteiger partial charge in [-0.3, -0.25) is 9.59 Å². The Balaban J connectivity index is 2.33. The number of rotatable bonds is 2. The van der Waals surface area contributed by atoms with Crippen molar-refractivity contribution in [2.24, 2.45) is 29.4 Å². The lowest BCUT2D eigenvalue weighted by atomic mass is 9.62. The zero-order chi connectivity index (χ0) is 10.3. The number of amides is 1. The van der Waals surface area contributed by atoms with Gasteiger partial charge in [-0.15, -0.1) is 0 Å². The highest BCUT2D eigenvalue weighted by molar-refractivity contribution is 5.85. The first-order chi connectivity index (χ1) is 6.61. The van der Waals surface area contributed by atoms with Gasteiger partial charge < -0.3 is 10.8 Å². The summed E-state index contributed by atoms with van der Waals surface area (Å²) in [5.74, 6) is -2.44. The van der Waals surface area contributed by atoms with Crippen molar-refractivity contribution in [3.05, 3.63) is 12.2 Å². The van der Waals surface area contributed by atoms with Gasteiger partial charge in [0.25, 0.3) is 0 Å². The molecular formula is C10H13NO3. The molecule has 0 aromatic heterocycles. The average Bonchev–Trinajstić information content (AvgIpc) is 2.17. The van der Waals surface area contributed by atoms with E-state index in [0.29, 0.717) is 0 Å². The summed E-state index contributed by atoms with van der Waals surface area (Å²) in [7, 11) is 0. The van der Waals surface area contributed by atoms with Crippen LogP contribution in [0.15, 0.2) is 12.2 Å². The van der Waals surface area contributed by atoms with Crippen LogP contribution in [0.2, 0.25) is 0 Å². The van der Waals surface area contributed by atoms with E-state index in [1.54, 1.807) is 0 Å². The molecule has 0 aliphatic heterocycles. The lowest BCUT2D eigenvalue weighted by Crippen LogP contribution is -2.47. The maximum absolute atomic E-state index is 11.2. The molecule has 3 aliphatic carbocycles. The molecular weight excluding hydrogens is 182 g/mol. The molecule has 14 heavy (non-hydrogen) atoms. The SMILES string of the molecule is NC(=O)[C@H]1[C@@H](C(=O)O)[C@H]2C=C[C@H]1CC2. The Hall–Kier alpha value is -1.32. The number of hydrogen-bond acceptors (Lipinski definition) is 2. The molecule has 4 atom stereocenters. The molecule has 1 amide bonds. The summed E-state index contributed by atoms with van der Waals surface area (Å²) in [6.07, 6.45) is 5.62. The Morgan fingerprint density at radius 2 is 1.64 bits per heavy atom. The fourth-order valence-electron chi connectivity index (χ4n) is 2.72. The molecule has 4 nitrogen and oxygen atoms in total. The second-order valence-corrected chi connectivity index (χ2v) is 4.08. The lowest BCUT2D eigenvalue weighted by molar-refractivity contribution is -0.152. The zero-order valence-corrected chi connectivity index (χ0v) is 7.72. The van der Waals surface area contributed by atoms with E-state index in [-0.39, 0.29) is 11.8 Å². The minimum Gasteiger partial charge on any atom is -0.481 e. The van der Waals surface area contributed by atoms with Gasteiger partial charge in [-0.1, -0.05) is 12.2 Å². The third-order valence-corrected chi connectivity index (χ3v) is 3.36. The predicted octanol–water partition coefficient (Wildman–Crippen LogP) is 0.385. The van der Waals surface area contributed by atoms with Gasteiger partial charge in [0, 0.05) is 0 Å². The van der Waals surface area contributed by atoms with Crippen LogP contribution < -0.4 is 5.73 Å². The molecule has 0 aromatic rings. The van der Waals surface area contributed by atoms with Crippen molar-refractivity contribution in [1.82, 2.24) is 0 Å². The molecule has 0 unspecified atom stereocenters. The summed E-state index contributed by atoms with van der Waals surface area (Å²) in [5, 5.41) is 9.04. The van der Waals surface area contributed by atoms with Gasteiger partial charge in [-0.05, 0) is 24.7 Å². The van der Waals surface area contributed by atoms with E-state index in [1.165, 1.54) is 0 Å². The number of fused-ring (bicyclic) bond motifs is 2. The minimum absolute atomic E-state index is 0.00463. The molecule has 1 fully saturated rings. The van der Waals surface area contributed by atoms with E-state index in [2.05, 4.69) is 0 Å². The lowest BCUT2D eigenvalue weighted by Gasteiger charge is -2.41. The van der Waals surface area contributed by atoms with E-state index in [1.807, 2.05) is 12.2 Å². The molecule has 0 aromatic carbocycles. The van der Waals surface area contributed by atoms with Crippen LogP contribution in [0.3, 0.4) is 0 Å². The Bertz CT molecular complexity index is 280. The molecule has 2 bridgehead atoms. The van der Waals surface area contributed by atoms with Crippen LogP contribution in [0.25, 0.3) is 0 Å². The minimum atomic E-state index is -0.896. The maximum atomic E-state index is 11.2. The summed E-state index contributed by atoms with van der Waals surface area (Å²) >= 11 is 0. The van der Waals surface area contributed by atoms with Gasteiger partial charge in [0.1, 0.15) is 0 Å². The van der Waals surface area contributed by atoms with Crippen LogP contribution in [-0.4, -0.2) is 17.0 Å². The fraction of sp³-hybridized carbons (Fsp3) is 0.600. The highest BCUT2D eigenvalue weighted by Gasteiger charge is 2.47. The number of primary amides is 1. The molecule has 4 heteroatoms. The number of allylic oxidation sites excluding steroid dienone is 2. The highest BCUT2D eigenvalue weighted by atomic mass is 16.4. The van der Waals surface area contributed by atoms with E-state index >= 15 is 0 Å². The van der Waals surface area contributed by atoms with E-state index in [0.717, 1.165) is 12.8 Å². The average molecular weight is 195 g/mol. The van der Waals surface area contributed by atoms with Gasteiger partial charge in [0.2, 0.25) is 5.91 Å². The van der Waals surface area contributed by atoms with Crippen molar-refractivity contribution in [3.63, 3.8) is 0 Å². The molecule has 0 spiro atoms. The van der Waals surface area contributed by atoms with Crippen molar-refractivity contribution in [1.29, 1.82) is 0 Å². The van der Waals surface area contributed by atoms with Crippen LogP contribution in [0.4, 0.5) is 0 Å². The Morgan fingerprint density at radius 1 is 1.14 bits per heavy atom. The van der Waals surface area contributed by atoms with E-state index in [9.17, 15) is 9.59 Å². The second-order valence-electron chi connectivity index (χ2n) is 4.08. The summed E-state index contributed by atoms with van der Waals surface area (Å²) in [4.78, 5) is 22.2. The standard InChI is InChI=1S/C10H13NO3/c11-9(12)7-5-1-3-6(4-2-5)8(7)10(13)14/h1,3,5-8H,2,4H2,(H2,11,12)(H,13,14)/t5-,6-,7+,8-/m0/s1. The van der Waals surface area contributed by atoms with Gasteiger partial charge in [-0.2, -0.15) is 0 Å². The fourth-order valence-corrected chi connectivity index (χ4v) is 2.72. The van der Waals surface area contributed by atoms with Crippen molar-refractivity contribution in [3.8, 4) is 0 Å². The highest BCUT2D eigenvalue weighted by Crippen LogP contribution is 2.44. The summed E-state index contributed by atoms with van der Waals surface area (Å²) < 4.78 is 0.